The van der Waals surface area contributed by atoms with Crippen molar-refractivity contribution >= 4 is 81.6 Å². The van der Waals surface area contributed by atoms with Crippen LogP contribution in [0.25, 0.3) is 0 Å². The van der Waals surface area contributed by atoms with Gasteiger partial charge in [0.2, 0.25) is 23.7 Å². The third-order valence-corrected chi connectivity index (χ3v) is 12.0. The van der Waals surface area contributed by atoms with Gasteiger partial charge in [-0.15, -0.1) is 0 Å². The maximum absolute atomic E-state index is 13.3. The molecule has 65 heavy (non-hydrogen) atoms. The standard InChI is InChI=1S/C46H54ClN11O7/c1-48-42(61)30-11-7-8-13-33(30)52-41-32(47)28-51-46(55-41)53-34-17-16-29(27-37(34)65-2)57-25-23-56(24-26-57)22-9-5-3-4-6-15-38(59)50-21-20-49-35-14-10-12-31-40(35)45(64)58(44(31)63)36-18-19-39(60)54-43(36)62/h7-8,10-14,16-17,27-28,36,49H,3-6,9,15,18-26H2,1-2H3,(H,48,61)(H,50,59)(H,54,60,62)(H2,51,52,53,55). The topological polar surface area (TPSA) is 219 Å². The Morgan fingerprint density at radius 3 is 2.42 bits per heavy atom. The molecule has 3 aromatic carbocycles. The number of fused-ring (bicyclic) bond motifs is 1. The van der Waals surface area contributed by atoms with Crippen molar-refractivity contribution in [3.8, 4) is 5.75 Å². The van der Waals surface area contributed by atoms with Crippen molar-refractivity contribution in [3.63, 3.8) is 0 Å². The van der Waals surface area contributed by atoms with Crippen LogP contribution < -0.4 is 41.5 Å². The number of methoxy groups -OCH3 is 1. The highest BCUT2D eigenvalue weighted by Crippen LogP contribution is 2.34. The van der Waals surface area contributed by atoms with E-state index in [9.17, 15) is 28.8 Å². The number of benzene rings is 3. The van der Waals surface area contributed by atoms with Gasteiger partial charge < -0.3 is 36.2 Å². The van der Waals surface area contributed by atoms with Crippen LogP contribution in [0.3, 0.4) is 0 Å². The molecule has 1 aromatic heterocycles. The number of piperidine rings is 1. The molecule has 1 atom stereocenters. The van der Waals surface area contributed by atoms with E-state index < -0.39 is 29.7 Å². The van der Waals surface area contributed by atoms with Crippen molar-refractivity contribution in [2.45, 2.75) is 57.4 Å². The Bertz CT molecular complexity index is 2430. The average molecular weight is 908 g/mol. The van der Waals surface area contributed by atoms with Gasteiger partial charge >= 0.3 is 0 Å². The van der Waals surface area contributed by atoms with E-state index in [4.69, 9.17) is 16.3 Å². The van der Waals surface area contributed by atoms with Gasteiger partial charge in [0.25, 0.3) is 17.7 Å². The zero-order valence-electron chi connectivity index (χ0n) is 36.5. The van der Waals surface area contributed by atoms with E-state index in [2.05, 4.69) is 57.7 Å². The molecule has 1 unspecified atom stereocenters. The summed E-state index contributed by atoms with van der Waals surface area (Å²) in [4.78, 5) is 89.9. The molecule has 0 saturated carbocycles. The van der Waals surface area contributed by atoms with Gasteiger partial charge in [0.15, 0.2) is 5.82 Å². The summed E-state index contributed by atoms with van der Waals surface area (Å²) in [6, 6.07) is 17.0. The van der Waals surface area contributed by atoms with Crippen LogP contribution in [-0.4, -0.2) is 121 Å². The van der Waals surface area contributed by atoms with Crippen molar-refractivity contribution in [1.82, 2.24) is 35.7 Å². The van der Waals surface area contributed by atoms with Crippen molar-refractivity contribution in [3.05, 3.63) is 88.6 Å². The molecule has 18 nitrogen and oxygen atoms in total. The van der Waals surface area contributed by atoms with E-state index >= 15 is 0 Å². The Hall–Kier alpha value is -6.79. The summed E-state index contributed by atoms with van der Waals surface area (Å²) in [5, 5.41) is 17.6. The summed E-state index contributed by atoms with van der Waals surface area (Å²) < 4.78 is 5.76. The fourth-order valence-electron chi connectivity index (χ4n) is 8.20. The fraction of sp³-hybridized carbons (Fsp3) is 0.391. The molecular weight excluding hydrogens is 854 g/mol. The van der Waals surface area contributed by atoms with Crippen LogP contribution in [0, 0.1) is 0 Å². The number of ether oxygens (including phenoxy) is 1. The van der Waals surface area contributed by atoms with Crippen LogP contribution in [-0.2, 0) is 14.4 Å². The molecule has 2 fully saturated rings. The smallest absolute Gasteiger partial charge is 0.264 e. The molecule has 6 N–H and O–H groups in total. The number of halogens is 1. The Labute approximate surface area is 382 Å². The minimum Gasteiger partial charge on any atom is -0.494 e. The van der Waals surface area contributed by atoms with Crippen LogP contribution in [0.2, 0.25) is 5.02 Å². The number of hydrogen-bond donors (Lipinski definition) is 6. The largest absolute Gasteiger partial charge is 0.494 e. The number of hydrogen-bond acceptors (Lipinski definition) is 14. The van der Waals surface area contributed by atoms with E-state index in [1.165, 1.54) is 6.20 Å². The Morgan fingerprint density at radius 1 is 0.862 bits per heavy atom. The number of piperazine rings is 1. The molecule has 4 heterocycles. The van der Waals surface area contributed by atoms with Crippen LogP contribution >= 0.6 is 11.6 Å². The summed E-state index contributed by atoms with van der Waals surface area (Å²) in [5.41, 5.74) is 3.61. The van der Waals surface area contributed by atoms with Gasteiger partial charge in [0, 0.05) is 76.6 Å². The molecule has 0 radical (unpaired) electrons. The predicted octanol–water partition coefficient (Wildman–Crippen LogP) is 5.08. The number of nitrogens with zero attached hydrogens (tertiary/aromatic N) is 5. The first-order valence-electron chi connectivity index (χ1n) is 21.9. The Morgan fingerprint density at radius 2 is 1.63 bits per heavy atom. The molecule has 19 heteroatoms. The van der Waals surface area contributed by atoms with Gasteiger partial charge in [0.1, 0.15) is 16.8 Å². The number of anilines is 6. The summed E-state index contributed by atoms with van der Waals surface area (Å²) >= 11 is 6.43. The number of unbranched alkanes of at least 4 members (excludes halogenated alkanes) is 4. The first-order chi connectivity index (χ1) is 31.5. The Kier molecular flexibility index (Phi) is 15.4. The van der Waals surface area contributed by atoms with Crippen molar-refractivity contribution < 1.29 is 33.5 Å². The van der Waals surface area contributed by atoms with Gasteiger partial charge in [0.05, 0.1) is 41.4 Å². The van der Waals surface area contributed by atoms with E-state index in [1.54, 1.807) is 50.6 Å². The number of para-hydroxylation sites is 1. The molecular formula is C46H54ClN11O7. The van der Waals surface area contributed by atoms with E-state index in [0.29, 0.717) is 64.7 Å². The average Bonchev–Trinajstić information content (AvgIpc) is 3.57. The quantitative estimate of drug-likeness (QED) is 0.0504. The second kappa shape index (κ2) is 21.7. The summed E-state index contributed by atoms with van der Waals surface area (Å²) in [6.07, 6.45) is 7.09. The normalized spacial score (nSPS) is 16.2. The van der Waals surface area contributed by atoms with E-state index in [-0.39, 0.29) is 35.8 Å². The number of imide groups is 2. The van der Waals surface area contributed by atoms with E-state index in [1.807, 2.05) is 18.2 Å². The lowest BCUT2D eigenvalue weighted by Crippen LogP contribution is -2.54. The van der Waals surface area contributed by atoms with E-state index in [0.717, 1.165) is 75.4 Å². The van der Waals surface area contributed by atoms with Crippen LogP contribution in [0.1, 0.15) is 82.4 Å². The SMILES string of the molecule is CNC(=O)c1ccccc1Nc1nc(Nc2ccc(N3CCN(CCCCCCCC(=O)NCCNc4cccc5c4C(=O)N(C4CCC(=O)NC4=O)C5=O)CC3)cc2OC)ncc1Cl. The lowest BCUT2D eigenvalue weighted by atomic mass is 10.0. The zero-order chi connectivity index (χ0) is 45.9. The first-order valence-corrected chi connectivity index (χ1v) is 22.3. The number of nitrogens with one attached hydrogen (secondary N) is 6. The molecule has 6 amide bonds. The van der Waals surface area contributed by atoms with Crippen LogP contribution in [0.4, 0.5) is 34.5 Å². The molecule has 0 spiro atoms. The number of amides is 6. The van der Waals surface area contributed by atoms with Gasteiger partial charge in [-0.1, -0.05) is 49.1 Å². The maximum Gasteiger partial charge on any atom is 0.264 e. The lowest BCUT2D eigenvalue weighted by molar-refractivity contribution is -0.136. The van der Waals surface area contributed by atoms with Crippen LogP contribution in [0.5, 0.6) is 5.75 Å². The van der Waals surface area contributed by atoms with Gasteiger partial charge in [-0.3, -0.25) is 43.9 Å². The number of carbonyl (C=O) groups excluding carboxylic acids is 6. The van der Waals surface area contributed by atoms with Crippen LogP contribution in [0.15, 0.2) is 66.9 Å². The number of rotatable bonds is 20. The first kappa shape index (κ1) is 46.2. The number of aromatic nitrogens is 2. The third-order valence-electron chi connectivity index (χ3n) is 11.7. The van der Waals surface area contributed by atoms with Gasteiger partial charge in [-0.2, -0.15) is 4.98 Å². The minimum atomic E-state index is -1.03. The molecule has 0 bridgehead atoms. The summed E-state index contributed by atoms with van der Waals surface area (Å²) in [6.45, 7) is 5.40. The highest BCUT2D eigenvalue weighted by molar-refractivity contribution is 6.33. The second-order valence-corrected chi connectivity index (χ2v) is 16.4. The number of carbonyl (C=O) groups is 6. The van der Waals surface area contributed by atoms with Gasteiger partial charge in [-0.25, -0.2) is 4.98 Å². The van der Waals surface area contributed by atoms with Crippen molar-refractivity contribution in [2.24, 2.45) is 0 Å². The molecule has 4 aromatic rings. The summed E-state index contributed by atoms with van der Waals surface area (Å²) in [7, 11) is 3.20. The summed E-state index contributed by atoms with van der Waals surface area (Å²) in [5.74, 6) is -1.20. The molecule has 342 valence electrons. The van der Waals surface area contributed by atoms with Crippen molar-refractivity contribution in [2.75, 3.05) is 80.8 Å². The molecule has 2 saturated heterocycles. The fourth-order valence-corrected chi connectivity index (χ4v) is 8.34. The molecule has 3 aliphatic rings. The molecule has 7 rings (SSSR count). The molecule has 0 aliphatic carbocycles. The monoisotopic (exact) mass is 907 g/mol. The maximum atomic E-state index is 13.3. The minimum absolute atomic E-state index is 0.0393. The van der Waals surface area contributed by atoms with Crippen molar-refractivity contribution in [1.29, 1.82) is 0 Å². The predicted molar refractivity (Wildman–Crippen MR) is 247 cm³/mol. The highest BCUT2D eigenvalue weighted by atomic mass is 35.5. The second-order valence-electron chi connectivity index (χ2n) is 15.9. The molecule has 3 aliphatic heterocycles. The van der Waals surface area contributed by atoms with Gasteiger partial charge in [-0.05, 0) is 62.2 Å². The lowest BCUT2D eigenvalue weighted by Gasteiger charge is -2.36. The third kappa shape index (κ3) is 11.3. The Balaban J connectivity index is 0.767. The zero-order valence-corrected chi connectivity index (χ0v) is 37.3. The highest BCUT2D eigenvalue weighted by Gasteiger charge is 2.45.